The summed E-state index contributed by atoms with van der Waals surface area (Å²) in [5.74, 6) is -0.302. The molecule has 5 aliphatic rings. The number of aryl methyl sites for hydroxylation is 1. The first-order valence-corrected chi connectivity index (χ1v) is 16.1. The molecule has 0 spiro atoms. The van der Waals surface area contributed by atoms with E-state index in [0.717, 1.165) is 5.69 Å². The number of primary amides is 1. The highest BCUT2D eigenvalue weighted by Gasteiger charge is 2.46. The van der Waals surface area contributed by atoms with Gasteiger partial charge in [-0.3, -0.25) is 27.4 Å². The maximum absolute atomic E-state index is 11.5. The van der Waals surface area contributed by atoms with Crippen LogP contribution < -0.4 is 11.5 Å². The van der Waals surface area contributed by atoms with Gasteiger partial charge in [0.05, 0.1) is 31.7 Å². The number of carbonyl (C=O) groups excluding carboxylic acids is 1. The number of allylic oxidation sites excluding steroid dienone is 1. The second-order valence-corrected chi connectivity index (χ2v) is 12.5. The fourth-order valence-corrected chi connectivity index (χ4v) is 6.31. The summed E-state index contributed by atoms with van der Waals surface area (Å²) in [6.45, 7) is -0.227. The maximum Gasteiger partial charge on any atom is 0.345 e. The summed E-state index contributed by atoms with van der Waals surface area (Å²) >= 11 is 0. The third-order valence-electron chi connectivity index (χ3n) is 7.08. The summed E-state index contributed by atoms with van der Waals surface area (Å²) in [6, 6.07) is 0. The molecule has 7 N–H and O–H groups in total. The number of nitrogens with one attached hydrogen (secondary N) is 1. The van der Waals surface area contributed by atoms with Gasteiger partial charge in [0, 0.05) is 36.5 Å². The van der Waals surface area contributed by atoms with E-state index in [1.54, 1.807) is 23.4 Å². The van der Waals surface area contributed by atoms with E-state index in [-0.39, 0.29) is 25.5 Å². The number of aliphatic imine (C=N–C) groups is 2. The minimum Gasteiger partial charge on any atom is -0.390 e. The molecule has 19 nitrogen and oxygen atoms in total. The average Bonchev–Trinajstić information content (AvgIpc) is 3.68. The number of aliphatic hydroxyl groups is 2. The second-order valence-electron chi connectivity index (χ2n) is 10.3. The fourth-order valence-electron chi connectivity index (χ4n) is 4.65. The lowest BCUT2D eigenvalue weighted by Gasteiger charge is -2.38. The fraction of sp³-hybridized carbons (Fsp3) is 0.583. The number of aliphatic hydroxyl groups excluding tert-OH is 2. The monoisotopic (exact) mass is 673 g/mol. The summed E-state index contributed by atoms with van der Waals surface area (Å²) < 4.78 is 49.5. The number of imidazole rings is 1. The van der Waals surface area contributed by atoms with Crippen molar-refractivity contribution < 1.29 is 56.4 Å². The van der Waals surface area contributed by atoms with Crippen LogP contribution in [0.15, 0.2) is 40.4 Å². The van der Waals surface area contributed by atoms with Crippen LogP contribution in [0.1, 0.15) is 30.7 Å². The lowest BCUT2D eigenvalue weighted by Crippen LogP contribution is -2.36. The third-order valence-corrected chi connectivity index (χ3v) is 9.16. The number of aromatic amines is 1. The minimum absolute atomic E-state index is 0.0128. The standard InChI is InChI=1S/C24H33N7O12P2/c1-12-20(29-10-27-12)21(25)30-11-28-18-5-14(32)16(37-18)8-35-23-39-45(40-23)43-24-41-44(42-24)36-9-17-15(33)6-19(38-17)31-4-2-3-13(7-31)22(26)34/h2,4,7,10-11,14-19,23-24,32-33H,3,5-6,8-9H2,1H3,(H2,26,34)(H,27,29)(H2,25,28,30). The topological polar surface area (TPSA) is 249 Å². The Labute approximate surface area is 259 Å². The molecule has 21 heteroatoms. The molecule has 6 rings (SSSR count). The van der Waals surface area contributed by atoms with Crippen LogP contribution in [0.25, 0.3) is 0 Å². The Balaban J connectivity index is 0.822. The van der Waals surface area contributed by atoms with Crippen molar-refractivity contribution in [2.45, 2.75) is 76.0 Å². The van der Waals surface area contributed by atoms with Gasteiger partial charge in [-0.15, -0.1) is 0 Å². The van der Waals surface area contributed by atoms with E-state index < -0.39 is 72.9 Å². The Morgan fingerprint density at radius 2 is 1.89 bits per heavy atom. The largest absolute Gasteiger partial charge is 0.390 e. The van der Waals surface area contributed by atoms with Gasteiger partial charge < -0.3 is 50.3 Å². The molecule has 1 aromatic rings. The summed E-state index contributed by atoms with van der Waals surface area (Å²) in [4.78, 5) is 28.4. The first-order chi connectivity index (χ1) is 21.7. The number of amidine groups is 1. The Kier molecular flexibility index (Phi) is 10.5. The first-order valence-electron chi connectivity index (χ1n) is 13.9. The van der Waals surface area contributed by atoms with Crippen LogP contribution in [-0.4, -0.2) is 106 Å². The van der Waals surface area contributed by atoms with Crippen LogP contribution in [0.4, 0.5) is 0 Å². The predicted molar refractivity (Wildman–Crippen MR) is 153 cm³/mol. The SMILES string of the molecule is Cc1[nH]cnc1C(N)=NC=NC1CC(O)C(COC2OP(OC3OP(OCC4OC(N5C=CCC(C(N)=O)=C5)CC4O)O3)O2)O1. The van der Waals surface area contributed by atoms with E-state index >= 15 is 0 Å². The molecule has 4 fully saturated rings. The molecule has 0 aliphatic carbocycles. The Morgan fingerprint density at radius 3 is 2.64 bits per heavy atom. The first kappa shape index (κ1) is 32.5. The predicted octanol–water partition coefficient (Wildman–Crippen LogP) is 0.157. The number of aromatic nitrogens is 2. The lowest BCUT2D eigenvalue weighted by molar-refractivity contribution is -0.296. The van der Waals surface area contributed by atoms with Crippen LogP contribution in [0.3, 0.4) is 0 Å². The molecular formula is C24H33N7O12P2. The molecule has 0 bridgehead atoms. The summed E-state index contributed by atoms with van der Waals surface area (Å²) in [7, 11) is -3.47. The smallest absolute Gasteiger partial charge is 0.345 e. The number of rotatable bonds is 13. The normalized spacial score (nSPS) is 36.7. The van der Waals surface area contributed by atoms with E-state index in [1.807, 2.05) is 6.92 Å². The van der Waals surface area contributed by atoms with Crippen molar-refractivity contribution in [2.75, 3.05) is 13.2 Å². The van der Waals surface area contributed by atoms with Gasteiger partial charge in [0.25, 0.3) is 13.0 Å². The Bertz CT molecular complexity index is 1320. The van der Waals surface area contributed by atoms with E-state index in [0.29, 0.717) is 24.1 Å². The highest BCUT2D eigenvalue weighted by molar-refractivity contribution is 7.44. The molecule has 0 saturated carbocycles. The van der Waals surface area contributed by atoms with Gasteiger partial charge in [0.1, 0.15) is 30.5 Å². The van der Waals surface area contributed by atoms with Crippen molar-refractivity contribution in [1.29, 1.82) is 0 Å². The van der Waals surface area contributed by atoms with Gasteiger partial charge in [0.2, 0.25) is 5.91 Å². The zero-order valence-electron chi connectivity index (χ0n) is 23.9. The summed E-state index contributed by atoms with van der Waals surface area (Å²) in [5, 5.41) is 20.7. The summed E-state index contributed by atoms with van der Waals surface area (Å²) in [6.07, 6.45) is 5.01. The molecule has 0 radical (unpaired) electrons. The molecule has 246 valence electrons. The Morgan fingerprint density at radius 1 is 1.13 bits per heavy atom. The number of nitrogens with two attached hydrogens (primary N) is 2. The molecule has 5 aliphatic heterocycles. The number of hydrogen-bond donors (Lipinski definition) is 5. The van der Waals surface area contributed by atoms with Gasteiger partial charge in [-0.05, 0) is 13.3 Å². The molecule has 1 amide bonds. The van der Waals surface area contributed by atoms with Crippen LogP contribution >= 0.6 is 17.2 Å². The lowest BCUT2D eigenvalue weighted by atomic mass is 10.1. The van der Waals surface area contributed by atoms with Gasteiger partial charge in [-0.1, -0.05) is 6.08 Å². The Hall–Kier alpha value is -2.48. The molecule has 6 unspecified atom stereocenters. The number of hydrogen-bond acceptors (Lipinski definition) is 15. The van der Waals surface area contributed by atoms with E-state index in [2.05, 4.69) is 20.0 Å². The van der Waals surface area contributed by atoms with E-state index in [4.69, 9.17) is 52.8 Å². The van der Waals surface area contributed by atoms with Gasteiger partial charge in [-0.25, -0.2) is 15.0 Å². The van der Waals surface area contributed by atoms with Crippen molar-refractivity contribution >= 4 is 35.3 Å². The molecular weight excluding hydrogens is 640 g/mol. The maximum atomic E-state index is 11.5. The number of carbonyl (C=O) groups is 1. The highest BCUT2D eigenvalue weighted by atomic mass is 31.2. The third kappa shape index (κ3) is 8.09. The quantitative estimate of drug-likeness (QED) is 0.106. The molecule has 1 aromatic heterocycles. The molecule has 45 heavy (non-hydrogen) atoms. The minimum atomic E-state index is -1.77. The van der Waals surface area contributed by atoms with Crippen molar-refractivity contribution in [3.63, 3.8) is 0 Å². The zero-order valence-corrected chi connectivity index (χ0v) is 25.6. The molecule has 6 heterocycles. The van der Waals surface area contributed by atoms with Crippen molar-refractivity contribution in [3.05, 3.63) is 41.8 Å². The number of ether oxygens (including phenoxy) is 3. The number of amides is 1. The molecule has 4 saturated heterocycles. The van der Waals surface area contributed by atoms with Crippen LogP contribution in [0, 0.1) is 6.92 Å². The van der Waals surface area contributed by atoms with Crippen molar-refractivity contribution in [2.24, 2.45) is 21.5 Å². The van der Waals surface area contributed by atoms with Crippen molar-refractivity contribution in [1.82, 2.24) is 14.9 Å². The van der Waals surface area contributed by atoms with Crippen LogP contribution in [0.2, 0.25) is 0 Å². The summed E-state index contributed by atoms with van der Waals surface area (Å²) in [5.41, 5.74) is 13.0. The number of nitrogens with zero attached hydrogens (tertiary/aromatic N) is 4. The highest BCUT2D eigenvalue weighted by Crippen LogP contribution is 2.60. The van der Waals surface area contributed by atoms with Gasteiger partial charge in [0.15, 0.2) is 12.1 Å². The van der Waals surface area contributed by atoms with E-state index in [9.17, 15) is 15.0 Å². The average molecular weight is 674 g/mol. The zero-order chi connectivity index (χ0) is 31.5. The molecule has 0 aromatic carbocycles. The van der Waals surface area contributed by atoms with Gasteiger partial charge in [-0.2, -0.15) is 0 Å². The molecule has 6 atom stereocenters. The second kappa shape index (κ2) is 14.5. The van der Waals surface area contributed by atoms with Crippen LogP contribution in [-0.2, 0) is 46.1 Å². The van der Waals surface area contributed by atoms with Crippen molar-refractivity contribution in [3.8, 4) is 0 Å². The van der Waals surface area contributed by atoms with Crippen LogP contribution in [0.5, 0.6) is 0 Å². The van der Waals surface area contributed by atoms with Gasteiger partial charge >= 0.3 is 17.2 Å². The van der Waals surface area contributed by atoms with E-state index in [1.165, 1.54) is 12.7 Å². The number of H-pyrrole nitrogens is 1.